The van der Waals surface area contributed by atoms with E-state index < -0.39 is 17.1 Å². The van der Waals surface area contributed by atoms with Crippen LogP contribution in [0.5, 0.6) is 11.5 Å². The number of hydrogen-bond donors (Lipinski definition) is 1. The molecule has 1 aromatic rings. The van der Waals surface area contributed by atoms with Crippen LogP contribution in [0.1, 0.15) is 43.2 Å². The van der Waals surface area contributed by atoms with E-state index in [0.717, 1.165) is 37.4 Å². The molecule has 2 aliphatic heterocycles. The summed E-state index contributed by atoms with van der Waals surface area (Å²) in [4.78, 5) is 15.4. The Kier molecular flexibility index (Phi) is 3.19. The number of ether oxygens (including phenoxy) is 1. The predicted molar refractivity (Wildman–Crippen MR) is 103 cm³/mol. The molecule has 4 atom stereocenters. The zero-order valence-electron chi connectivity index (χ0n) is 14.5. The van der Waals surface area contributed by atoms with Gasteiger partial charge in [0.25, 0.3) is 0 Å². The second-order valence-corrected chi connectivity index (χ2v) is 9.21. The van der Waals surface area contributed by atoms with Gasteiger partial charge in [-0.15, -0.1) is 0 Å². The Morgan fingerprint density at radius 1 is 1.35 bits per heavy atom. The highest BCUT2D eigenvalue weighted by molar-refractivity contribution is 14.1. The van der Waals surface area contributed by atoms with Crippen molar-refractivity contribution in [2.24, 2.45) is 5.92 Å². The number of aliphatic hydroxyl groups is 1. The smallest absolute Gasteiger partial charge is 0.192 e. The Labute approximate surface area is 166 Å². The minimum absolute atomic E-state index is 0.0841. The van der Waals surface area contributed by atoms with Crippen LogP contribution >= 0.6 is 23.0 Å². The summed E-state index contributed by atoms with van der Waals surface area (Å²) in [5, 5.41) is 12.1. The van der Waals surface area contributed by atoms with Gasteiger partial charge in [0.1, 0.15) is 0 Å². The van der Waals surface area contributed by atoms with Gasteiger partial charge in [-0.1, -0.05) is 6.07 Å². The Balaban J connectivity index is 1.57. The lowest BCUT2D eigenvalue weighted by atomic mass is 9.49. The molecule has 0 radical (unpaired) electrons. The normalized spacial score (nSPS) is 40.2. The van der Waals surface area contributed by atoms with Gasteiger partial charge in [0.05, 0.1) is 11.0 Å². The monoisotopic (exact) mass is 467 g/mol. The van der Waals surface area contributed by atoms with E-state index in [1.54, 1.807) is 0 Å². The molecule has 6 heteroatoms. The fraction of sp³-hybridized carbons (Fsp3) is 0.650. The zero-order chi connectivity index (χ0) is 17.7. The first kappa shape index (κ1) is 16.1. The molecule has 3 fully saturated rings. The van der Waals surface area contributed by atoms with Gasteiger partial charge >= 0.3 is 0 Å². The molecular formula is C20H22INO4. The molecule has 2 heterocycles. The number of carbonyl (C=O) groups is 1. The lowest BCUT2D eigenvalue weighted by Crippen LogP contribution is -2.76. The van der Waals surface area contributed by atoms with Gasteiger partial charge in [-0.2, -0.15) is 0 Å². The summed E-state index contributed by atoms with van der Waals surface area (Å²) in [6.45, 7) is 2.02. The fourth-order valence-electron chi connectivity index (χ4n) is 6.31. The van der Waals surface area contributed by atoms with E-state index >= 15 is 0 Å². The van der Waals surface area contributed by atoms with Gasteiger partial charge in [0, 0.05) is 24.6 Å². The number of carbonyl (C=O) groups excluding carboxylic acids is 1. The number of Topliss-reactive ketones (excluding diaryl/α,β-unsaturated/α-hetero) is 1. The molecular weight excluding hydrogens is 445 g/mol. The SMILES string of the molecule is O=C1CC[C@@]2(O)[C@H]3Cc4ccc(OI)c5c4[C@@]2(CCN3CC2CC2)[C@H]1O5. The van der Waals surface area contributed by atoms with Crippen molar-refractivity contribution >= 4 is 28.8 Å². The second kappa shape index (κ2) is 5.14. The van der Waals surface area contributed by atoms with Crippen LogP contribution in [0.15, 0.2) is 12.1 Å². The maximum absolute atomic E-state index is 12.8. The highest BCUT2D eigenvalue weighted by Gasteiger charge is 2.73. The van der Waals surface area contributed by atoms with Crippen LogP contribution in [0.3, 0.4) is 0 Å². The summed E-state index contributed by atoms with van der Waals surface area (Å²) < 4.78 is 11.8. The molecule has 2 bridgehead atoms. The van der Waals surface area contributed by atoms with E-state index in [9.17, 15) is 9.90 Å². The molecule has 2 saturated carbocycles. The van der Waals surface area contributed by atoms with Crippen LogP contribution in [0.2, 0.25) is 0 Å². The van der Waals surface area contributed by atoms with Crippen molar-refractivity contribution in [2.45, 2.75) is 61.7 Å². The summed E-state index contributed by atoms with van der Waals surface area (Å²) in [6, 6.07) is 4.15. The van der Waals surface area contributed by atoms with Crippen LogP contribution in [0.25, 0.3) is 0 Å². The number of nitrogens with zero attached hydrogens (tertiary/aromatic N) is 1. The Morgan fingerprint density at radius 3 is 2.96 bits per heavy atom. The molecule has 6 rings (SSSR count). The molecule has 0 unspecified atom stereocenters. The zero-order valence-corrected chi connectivity index (χ0v) is 16.7. The van der Waals surface area contributed by atoms with E-state index in [4.69, 9.17) is 7.80 Å². The van der Waals surface area contributed by atoms with Crippen LogP contribution in [0.4, 0.5) is 0 Å². The third-order valence-electron chi connectivity index (χ3n) is 7.63. The van der Waals surface area contributed by atoms with E-state index in [0.29, 0.717) is 24.3 Å². The first-order valence-corrected chi connectivity index (χ1v) is 10.6. The van der Waals surface area contributed by atoms with Crippen molar-refractivity contribution in [1.82, 2.24) is 4.90 Å². The van der Waals surface area contributed by atoms with E-state index in [1.165, 1.54) is 18.4 Å². The van der Waals surface area contributed by atoms with Gasteiger partial charge in [-0.25, -0.2) is 0 Å². The van der Waals surface area contributed by atoms with E-state index in [-0.39, 0.29) is 11.8 Å². The first-order chi connectivity index (χ1) is 12.6. The van der Waals surface area contributed by atoms with Gasteiger partial charge in [0.15, 0.2) is 46.4 Å². The molecule has 5 nitrogen and oxygen atoms in total. The molecule has 138 valence electrons. The topological polar surface area (TPSA) is 59.0 Å². The third kappa shape index (κ3) is 1.77. The van der Waals surface area contributed by atoms with E-state index in [2.05, 4.69) is 11.0 Å². The third-order valence-corrected chi connectivity index (χ3v) is 8.10. The summed E-state index contributed by atoms with van der Waals surface area (Å²) in [5.74, 6) is 2.29. The van der Waals surface area contributed by atoms with Gasteiger partial charge in [-0.05, 0) is 56.2 Å². The number of rotatable bonds is 3. The van der Waals surface area contributed by atoms with Crippen LogP contribution in [-0.4, -0.2) is 46.6 Å². The summed E-state index contributed by atoms with van der Waals surface area (Å²) >= 11 is 1.87. The van der Waals surface area contributed by atoms with Gasteiger partial charge < -0.3 is 12.9 Å². The Hall–Kier alpha value is -0.860. The highest BCUT2D eigenvalue weighted by Crippen LogP contribution is 2.65. The molecule has 1 aromatic carbocycles. The molecule has 1 spiro atoms. The van der Waals surface area contributed by atoms with Gasteiger partial charge in [-0.3, -0.25) is 9.69 Å². The summed E-state index contributed by atoms with van der Waals surface area (Å²) in [5.41, 5.74) is 0.807. The maximum Gasteiger partial charge on any atom is 0.192 e. The van der Waals surface area contributed by atoms with Gasteiger partial charge in [0.2, 0.25) is 0 Å². The van der Waals surface area contributed by atoms with Crippen LogP contribution in [0, 0.1) is 5.92 Å². The van der Waals surface area contributed by atoms with Crippen molar-refractivity contribution in [1.29, 1.82) is 0 Å². The van der Waals surface area contributed by atoms with Crippen molar-refractivity contribution in [3.05, 3.63) is 23.3 Å². The molecule has 5 aliphatic rings. The minimum atomic E-state index is -0.888. The fourth-order valence-corrected chi connectivity index (χ4v) is 6.66. The average Bonchev–Trinajstić information content (AvgIpc) is 3.37. The lowest BCUT2D eigenvalue weighted by molar-refractivity contribution is -0.188. The molecule has 1 saturated heterocycles. The molecule has 1 N–H and O–H groups in total. The molecule has 0 aromatic heterocycles. The standard InChI is InChI=1S/C20H22INO4/c21-26-14-4-3-12-9-15-20(24)6-5-13(23)18-19(20,16(12)17(14)25-18)7-8-22(15)10-11-1-2-11/h3-4,11,15,18,24H,1-2,5-10H2/t15-,18+,19+,20-/m1/s1. The number of likely N-dealkylation sites (tertiary alicyclic amines) is 1. The van der Waals surface area contributed by atoms with Crippen molar-refractivity contribution in [3.63, 3.8) is 0 Å². The number of hydrogen-bond acceptors (Lipinski definition) is 5. The van der Waals surface area contributed by atoms with Crippen LogP contribution < -0.4 is 7.80 Å². The summed E-state index contributed by atoms with van der Waals surface area (Å²) in [7, 11) is 0. The Morgan fingerprint density at radius 2 is 2.19 bits per heavy atom. The highest BCUT2D eigenvalue weighted by atomic mass is 127. The largest absolute Gasteiger partial charge is 0.477 e. The van der Waals surface area contributed by atoms with E-state index in [1.807, 2.05) is 29.1 Å². The average molecular weight is 467 g/mol. The number of ketones is 1. The van der Waals surface area contributed by atoms with Crippen LogP contribution in [-0.2, 0) is 16.6 Å². The van der Waals surface area contributed by atoms with Crippen molar-refractivity contribution in [2.75, 3.05) is 13.1 Å². The van der Waals surface area contributed by atoms with Crippen molar-refractivity contribution < 1.29 is 17.7 Å². The molecule has 0 amide bonds. The second-order valence-electron chi connectivity index (χ2n) is 8.77. The number of benzene rings is 1. The quantitative estimate of drug-likeness (QED) is 0.693. The summed E-state index contributed by atoms with van der Waals surface area (Å²) in [6.07, 6.45) is 4.63. The predicted octanol–water partition coefficient (Wildman–Crippen LogP) is 2.55. The van der Waals surface area contributed by atoms with Crippen molar-refractivity contribution in [3.8, 4) is 11.5 Å². The number of piperidine rings is 1. The Bertz CT molecular complexity index is 824. The lowest BCUT2D eigenvalue weighted by Gasteiger charge is -2.62. The number of halogens is 1. The maximum atomic E-state index is 12.8. The molecule has 26 heavy (non-hydrogen) atoms. The first-order valence-electron chi connectivity index (χ1n) is 9.69. The molecule has 3 aliphatic carbocycles. The minimum Gasteiger partial charge on any atom is -0.477 e.